The molecule has 1 aromatic heterocycles. The molecule has 0 saturated carbocycles. The van der Waals surface area contributed by atoms with Gasteiger partial charge in [0.05, 0.1) is 0 Å². The van der Waals surface area contributed by atoms with E-state index in [1.54, 1.807) is 26.0 Å². The van der Waals surface area contributed by atoms with Crippen LogP contribution in [-0.4, -0.2) is 29.3 Å². The normalized spacial score (nSPS) is 13.5. The molecule has 1 rings (SSSR count). The number of rotatable bonds is 6. The summed E-state index contributed by atoms with van der Waals surface area (Å²) in [5.74, 6) is 0.124. The minimum absolute atomic E-state index is 0.0974. The van der Waals surface area contributed by atoms with E-state index in [9.17, 15) is 9.59 Å². The third kappa shape index (κ3) is 4.35. The first-order valence-electron chi connectivity index (χ1n) is 6.37. The molecule has 104 valence electrons. The number of carbonyl (C=O) groups is 2. The molecular weight excluding hydrogens is 244 g/mol. The molecule has 0 saturated heterocycles. The Morgan fingerprint density at radius 3 is 2.74 bits per heavy atom. The topological polar surface area (TPSA) is 68.3 Å². The van der Waals surface area contributed by atoms with Crippen LogP contribution in [0, 0.1) is 6.92 Å². The van der Waals surface area contributed by atoms with Crippen molar-refractivity contribution in [2.24, 2.45) is 0 Å². The van der Waals surface area contributed by atoms with E-state index in [0.29, 0.717) is 12.0 Å². The molecule has 0 aliphatic heterocycles. The quantitative estimate of drug-likeness (QED) is 0.797. The molecule has 0 radical (unpaired) electrons. The molecule has 0 fully saturated rings. The van der Waals surface area contributed by atoms with Gasteiger partial charge in [-0.25, -0.2) is 4.98 Å². The first-order chi connectivity index (χ1) is 8.97. The fourth-order valence-corrected chi connectivity index (χ4v) is 1.45. The molecular formula is C14H20N2O3. The molecule has 0 aliphatic rings. The average molecular weight is 264 g/mol. The van der Waals surface area contributed by atoms with Gasteiger partial charge in [0.2, 0.25) is 0 Å². The third-order valence-corrected chi connectivity index (χ3v) is 2.81. The molecule has 0 aromatic carbocycles. The van der Waals surface area contributed by atoms with Crippen LogP contribution in [0.4, 0.5) is 0 Å². The highest BCUT2D eigenvalue weighted by Gasteiger charge is 2.18. The molecule has 5 heteroatoms. The average Bonchev–Trinajstić information content (AvgIpc) is 2.40. The summed E-state index contributed by atoms with van der Waals surface area (Å²) in [5.41, 5.74) is 0.939. The molecule has 5 nitrogen and oxygen atoms in total. The van der Waals surface area contributed by atoms with Crippen molar-refractivity contribution in [3.8, 4) is 5.75 Å². The maximum absolute atomic E-state index is 11.8. The maximum Gasteiger partial charge on any atom is 0.260 e. The minimum Gasteiger partial charge on any atom is -0.479 e. The van der Waals surface area contributed by atoms with Crippen molar-refractivity contribution >= 4 is 12.2 Å². The number of nitrogens with zero attached hydrogens (tertiary/aromatic N) is 1. The fourth-order valence-electron chi connectivity index (χ4n) is 1.45. The first kappa shape index (κ1) is 15.1. The van der Waals surface area contributed by atoms with Crippen LogP contribution in [0.2, 0.25) is 0 Å². The van der Waals surface area contributed by atoms with Crippen molar-refractivity contribution in [3.05, 3.63) is 23.5 Å². The molecule has 2 unspecified atom stereocenters. The maximum atomic E-state index is 11.8. The largest absolute Gasteiger partial charge is 0.479 e. The van der Waals surface area contributed by atoms with Gasteiger partial charge in [-0.05, 0) is 39.3 Å². The van der Waals surface area contributed by atoms with Crippen LogP contribution >= 0.6 is 0 Å². The highest BCUT2D eigenvalue weighted by molar-refractivity contribution is 5.82. The SMILES string of the molecule is CCC(C)NC(=O)C(C)Oc1ccc(C)nc1C=O. The molecule has 1 aromatic rings. The summed E-state index contributed by atoms with van der Waals surface area (Å²) in [4.78, 5) is 26.8. The van der Waals surface area contributed by atoms with E-state index < -0.39 is 6.10 Å². The predicted molar refractivity (Wildman–Crippen MR) is 72.3 cm³/mol. The highest BCUT2D eigenvalue weighted by Crippen LogP contribution is 2.16. The standard InChI is InChI=1S/C14H20N2O3/c1-5-9(2)16-14(18)11(4)19-13-7-6-10(3)15-12(13)8-17/h6-9,11H,5H2,1-4H3,(H,16,18). The van der Waals surface area contributed by atoms with Gasteiger partial charge in [-0.15, -0.1) is 0 Å². The van der Waals surface area contributed by atoms with Crippen LogP contribution in [0.25, 0.3) is 0 Å². The Kier molecular flexibility index (Phi) is 5.48. The molecule has 19 heavy (non-hydrogen) atoms. The van der Waals surface area contributed by atoms with Gasteiger partial charge in [-0.2, -0.15) is 0 Å². The number of aromatic nitrogens is 1. The van der Waals surface area contributed by atoms with Gasteiger partial charge >= 0.3 is 0 Å². The number of aldehydes is 1. The smallest absolute Gasteiger partial charge is 0.260 e. The van der Waals surface area contributed by atoms with Crippen LogP contribution in [0.3, 0.4) is 0 Å². The molecule has 0 spiro atoms. The highest BCUT2D eigenvalue weighted by atomic mass is 16.5. The van der Waals surface area contributed by atoms with E-state index in [4.69, 9.17) is 4.74 Å². The van der Waals surface area contributed by atoms with E-state index >= 15 is 0 Å². The molecule has 2 atom stereocenters. The lowest BCUT2D eigenvalue weighted by Gasteiger charge is -2.18. The zero-order chi connectivity index (χ0) is 14.4. The van der Waals surface area contributed by atoms with Crippen molar-refractivity contribution in [2.45, 2.75) is 46.3 Å². The second-order valence-electron chi connectivity index (χ2n) is 4.53. The van der Waals surface area contributed by atoms with Gasteiger partial charge in [0.15, 0.2) is 12.4 Å². The molecule has 0 bridgehead atoms. The van der Waals surface area contributed by atoms with Crippen molar-refractivity contribution in [2.75, 3.05) is 0 Å². The van der Waals surface area contributed by atoms with E-state index in [2.05, 4.69) is 10.3 Å². The van der Waals surface area contributed by atoms with Gasteiger partial charge in [0.25, 0.3) is 5.91 Å². The van der Waals surface area contributed by atoms with E-state index in [1.807, 2.05) is 13.8 Å². The second kappa shape index (κ2) is 6.87. The zero-order valence-electron chi connectivity index (χ0n) is 11.8. The number of nitrogens with one attached hydrogen (secondary N) is 1. The Hall–Kier alpha value is -1.91. The summed E-state index contributed by atoms with van der Waals surface area (Å²) < 4.78 is 5.49. The van der Waals surface area contributed by atoms with Crippen molar-refractivity contribution in [3.63, 3.8) is 0 Å². The lowest BCUT2D eigenvalue weighted by Crippen LogP contribution is -2.41. The summed E-state index contributed by atoms with van der Waals surface area (Å²) in [6.45, 7) is 7.35. The predicted octanol–water partition coefficient (Wildman–Crippen LogP) is 1.88. The zero-order valence-corrected chi connectivity index (χ0v) is 11.8. The summed E-state index contributed by atoms with van der Waals surface area (Å²) in [5, 5.41) is 2.83. The van der Waals surface area contributed by atoms with Crippen molar-refractivity contribution < 1.29 is 14.3 Å². The summed E-state index contributed by atoms with van der Waals surface area (Å²) in [6, 6.07) is 3.49. The minimum atomic E-state index is -0.669. The first-order valence-corrected chi connectivity index (χ1v) is 6.37. The van der Waals surface area contributed by atoms with Crippen molar-refractivity contribution in [1.29, 1.82) is 0 Å². The summed E-state index contributed by atoms with van der Waals surface area (Å²) >= 11 is 0. The van der Waals surface area contributed by atoms with E-state index in [0.717, 1.165) is 12.1 Å². The summed E-state index contributed by atoms with van der Waals surface area (Å²) in [7, 11) is 0. The van der Waals surface area contributed by atoms with Crippen LogP contribution in [0.15, 0.2) is 12.1 Å². The van der Waals surface area contributed by atoms with Crippen LogP contribution in [0.5, 0.6) is 5.75 Å². The van der Waals surface area contributed by atoms with Crippen LogP contribution < -0.4 is 10.1 Å². The van der Waals surface area contributed by atoms with Crippen LogP contribution in [-0.2, 0) is 4.79 Å². The van der Waals surface area contributed by atoms with Crippen LogP contribution in [0.1, 0.15) is 43.4 Å². The number of pyridine rings is 1. The Morgan fingerprint density at radius 1 is 1.47 bits per heavy atom. The summed E-state index contributed by atoms with van der Waals surface area (Å²) in [6.07, 6.45) is 0.809. The number of carbonyl (C=O) groups excluding carboxylic acids is 2. The third-order valence-electron chi connectivity index (χ3n) is 2.81. The Bertz CT molecular complexity index is 460. The van der Waals surface area contributed by atoms with Crippen molar-refractivity contribution in [1.82, 2.24) is 10.3 Å². The number of amides is 1. The second-order valence-corrected chi connectivity index (χ2v) is 4.53. The fraction of sp³-hybridized carbons (Fsp3) is 0.500. The Balaban J connectivity index is 2.73. The van der Waals surface area contributed by atoms with Gasteiger partial charge in [0.1, 0.15) is 11.4 Å². The van der Waals surface area contributed by atoms with E-state index in [-0.39, 0.29) is 17.6 Å². The lowest BCUT2D eigenvalue weighted by atomic mass is 10.2. The number of ether oxygens (including phenoxy) is 1. The van der Waals surface area contributed by atoms with Gasteiger partial charge in [0, 0.05) is 11.7 Å². The molecule has 1 N–H and O–H groups in total. The monoisotopic (exact) mass is 264 g/mol. The molecule has 0 aliphatic carbocycles. The number of hydrogen-bond donors (Lipinski definition) is 1. The Morgan fingerprint density at radius 2 is 2.16 bits per heavy atom. The van der Waals surface area contributed by atoms with E-state index in [1.165, 1.54) is 0 Å². The number of hydrogen-bond acceptors (Lipinski definition) is 4. The lowest BCUT2D eigenvalue weighted by molar-refractivity contribution is -0.127. The number of aryl methyl sites for hydroxylation is 1. The van der Waals surface area contributed by atoms with Gasteiger partial charge in [-0.3, -0.25) is 9.59 Å². The molecule has 1 amide bonds. The molecule has 1 heterocycles. The van der Waals surface area contributed by atoms with Gasteiger partial charge < -0.3 is 10.1 Å². The Labute approximate surface area is 113 Å². The van der Waals surface area contributed by atoms with Gasteiger partial charge in [-0.1, -0.05) is 6.92 Å².